The van der Waals surface area contributed by atoms with E-state index in [1.54, 1.807) is 12.4 Å². The molecule has 6 nitrogen and oxygen atoms in total. The van der Waals surface area contributed by atoms with Crippen LogP contribution in [0.1, 0.15) is 33.5 Å². The molecule has 0 spiro atoms. The summed E-state index contributed by atoms with van der Waals surface area (Å²) >= 11 is 1.50. The molecule has 0 aromatic carbocycles. The average Bonchev–Trinajstić information content (AvgIpc) is 3.16. The number of hydrogen-bond acceptors (Lipinski definition) is 5. The Labute approximate surface area is 134 Å². The number of likely N-dealkylation sites (N-methyl/N-ethyl adjacent to an activating group) is 1. The molecule has 0 radical (unpaired) electrons. The minimum absolute atomic E-state index is 0.0875. The van der Waals surface area contributed by atoms with E-state index in [0.717, 1.165) is 35.2 Å². The molecule has 3 heterocycles. The van der Waals surface area contributed by atoms with Gasteiger partial charge in [0.25, 0.3) is 5.91 Å². The average molecular weight is 319 g/mol. The third-order valence-corrected chi connectivity index (χ3v) is 5.29. The molecule has 22 heavy (non-hydrogen) atoms. The van der Waals surface area contributed by atoms with Gasteiger partial charge in [0.1, 0.15) is 10.7 Å². The zero-order valence-electron chi connectivity index (χ0n) is 13.2. The summed E-state index contributed by atoms with van der Waals surface area (Å²) in [5, 5.41) is 1.01. The number of hydrogen-bond donors (Lipinski definition) is 0. The highest BCUT2D eigenvalue weighted by molar-refractivity contribution is 7.13. The van der Waals surface area contributed by atoms with Crippen molar-refractivity contribution in [2.45, 2.75) is 19.4 Å². The quantitative estimate of drug-likeness (QED) is 0.862. The van der Waals surface area contributed by atoms with Crippen LogP contribution in [0.4, 0.5) is 0 Å². The number of aryl methyl sites for hydroxylation is 2. The molecule has 1 atom stereocenters. The lowest BCUT2D eigenvalue weighted by atomic mass is 10.1. The first kappa shape index (κ1) is 15.2. The summed E-state index contributed by atoms with van der Waals surface area (Å²) in [5.74, 6) is 1.09. The van der Waals surface area contributed by atoms with Crippen LogP contribution < -0.4 is 0 Å². The second-order valence-corrected chi connectivity index (χ2v) is 6.73. The number of imidazole rings is 1. The third-order valence-electron chi connectivity index (χ3n) is 4.16. The van der Waals surface area contributed by atoms with Crippen molar-refractivity contribution in [2.24, 2.45) is 7.05 Å². The van der Waals surface area contributed by atoms with Crippen LogP contribution in [0, 0.1) is 0 Å². The number of rotatable bonds is 3. The van der Waals surface area contributed by atoms with Crippen molar-refractivity contribution in [3.05, 3.63) is 34.3 Å². The van der Waals surface area contributed by atoms with E-state index in [9.17, 15) is 4.79 Å². The van der Waals surface area contributed by atoms with Crippen LogP contribution in [0.5, 0.6) is 0 Å². The second kappa shape index (κ2) is 6.18. The molecule has 1 aliphatic heterocycles. The molecule has 1 amide bonds. The Kier molecular flexibility index (Phi) is 4.26. The van der Waals surface area contributed by atoms with Crippen LogP contribution in [0.2, 0.25) is 0 Å². The lowest BCUT2D eigenvalue weighted by molar-refractivity contribution is 0.0533. The van der Waals surface area contributed by atoms with E-state index < -0.39 is 0 Å². The van der Waals surface area contributed by atoms with Gasteiger partial charge in [0.2, 0.25) is 0 Å². The van der Waals surface area contributed by atoms with Crippen LogP contribution in [0.25, 0.3) is 0 Å². The van der Waals surface area contributed by atoms with Crippen molar-refractivity contribution in [3.8, 4) is 0 Å². The number of aromatic nitrogens is 3. The molecular weight excluding hydrogens is 298 g/mol. The Bertz CT molecular complexity index is 664. The number of amides is 1. The van der Waals surface area contributed by atoms with Crippen LogP contribution in [0.15, 0.2) is 18.6 Å². The number of piperazine rings is 1. The van der Waals surface area contributed by atoms with Gasteiger partial charge in [-0.1, -0.05) is 6.92 Å². The van der Waals surface area contributed by atoms with Gasteiger partial charge in [-0.25, -0.2) is 9.97 Å². The highest BCUT2D eigenvalue weighted by Gasteiger charge is 2.31. The van der Waals surface area contributed by atoms with Crippen molar-refractivity contribution in [2.75, 3.05) is 26.7 Å². The second-order valence-electron chi connectivity index (χ2n) is 5.62. The molecule has 2 aromatic rings. The highest BCUT2D eigenvalue weighted by atomic mass is 32.1. The smallest absolute Gasteiger partial charge is 0.265 e. The molecule has 7 heteroatoms. The zero-order valence-corrected chi connectivity index (χ0v) is 14.0. The summed E-state index contributed by atoms with van der Waals surface area (Å²) < 4.78 is 2.02. The summed E-state index contributed by atoms with van der Waals surface area (Å²) in [7, 11) is 4.08. The Hall–Kier alpha value is -1.73. The molecule has 1 aliphatic rings. The predicted molar refractivity (Wildman–Crippen MR) is 86.0 cm³/mol. The predicted octanol–water partition coefficient (Wildman–Crippen LogP) is 1.57. The maximum absolute atomic E-state index is 12.7. The number of thiazole rings is 1. The summed E-state index contributed by atoms with van der Waals surface area (Å²) in [6.07, 6.45) is 6.33. The zero-order chi connectivity index (χ0) is 15.7. The van der Waals surface area contributed by atoms with E-state index in [4.69, 9.17) is 0 Å². The first-order valence-electron chi connectivity index (χ1n) is 7.51. The lowest BCUT2D eigenvalue weighted by Gasteiger charge is -2.38. The Balaban J connectivity index is 1.78. The van der Waals surface area contributed by atoms with Crippen LogP contribution in [0.3, 0.4) is 0 Å². The van der Waals surface area contributed by atoms with E-state index >= 15 is 0 Å². The fourth-order valence-electron chi connectivity index (χ4n) is 2.76. The summed E-state index contributed by atoms with van der Waals surface area (Å²) in [4.78, 5) is 26.3. The summed E-state index contributed by atoms with van der Waals surface area (Å²) in [6, 6.07) is 0.135. The van der Waals surface area contributed by atoms with Gasteiger partial charge in [0.15, 0.2) is 0 Å². The molecule has 1 fully saturated rings. The summed E-state index contributed by atoms with van der Waals surface area (Å²) in [6.45, 7) is 4.32. The maximum atomic E-state index is 12.7. The first-order chi connectivity index (χ1) is 10.6. The van der Waals surface area contributed by atoms with Gasteiger partial charge >= 0.3 is 0 Å². The van der Waals surface area contributed by atoms with E-state index in [1.165, 1.54) is 11.3 Å². The monoisotopic (exact) mass is 319 g/mol. The van der Waals surface area contributed by atoms with Crippen molar-refractivity contribution in [1.82, 2.24) is 24.3 Å². The standard InChI is InChI=1S/C15H21N5OS/c1-4-13-17-9-12(22-13)15(21)20-8-7-18(2)11(10-20)14-16-5-6-19(14)3/h5-6,9,11H,4,7-8,10H2,1-3H3/t11-/m1/s1. The summed E-state index contributed by atoms with van der Waals surface area (Å²) in [5.41, 5.74) is 0. The van der Waals surface area contributed by atoms with Gasteiger partial charge in [0, 0.05) is 39.1 Å². The minimum atomic E-state index is 0.0875. The molecule has 0 N–H and O–H groups in total. The van der Waals surface area contributed by atoms with Gasteiger partial charge in [-0.05, 0) is 13.5 Å². The topological polar surface area (TPSA) is 54.3 Å². The lowest BCUT2D eigenvalue weighted by Crippen LogP contribution is -2.49. The molecule has 0 bridgehead atoms. The molecule has 0 saturated carbocycles. The minimum Gasteiger partial charge on any atom is -0.337 e. The highest BCUT2D eigenvalue weighted by Crippen LogP contribution is 2.24. The van der Waals surface area contributed by atoms with E-state index in [2.05, 4.69) is 28.8 Å². The SMILES string of the molecule is CCc1ncc(C(=O)N2CCN(C)[C@@H](c3nccn3C)C2)s1. The normalized spacial score (nSPS) is 19.6. The van der Waals surface area contributed by atoms with Gasteiger partial charge in [0.05, 0.1) is 17.2 Å². The van der Waals surface area contributed by atoms with Gasteiger partial charge in [-0.15, -0.1) is 11.3 Å². The van der Waals surface area contributed by atoms with Gasteiger partial charge in [-0.2, -0.15) is 0 Å². The number of carbonyl (C=O) groups excluding carboxylic acids is 1. The Morgan fingerprint density at radius 2 is 2.18 bits per heavy atom. The van der Waals surface area contributed by atoms with Gasteiger partial charge in [-0.3, -0.25) is 9.69 Å². The van der Waals surface area contributed by atoms with E-state index in [1.807, 2.05) is 22.7 Å². The Morgan fingerprint density at radius 1 is 1.36 bits per heavy atom. The molecule has 0 aliphatic carbocycles. The van der Waals surface area contributed by atoms with Crippen LogP contribution in [-0.4, -0.2) is 56.9 Å². The van der Waals surface area contributed by atoms with Crippen molar-refractivity contribution in [1.29, 1.82) is 0 Å². The van der Waals surface area contributed by atoms with E-state index in [0.29, 0.717) is 6.54 Å². The fraction of sp³-hybridized carbons (Fsp3) is 0.533. The Morgan fingerprint density at radius 3 is 2.82 bits per heavy atom. The molecule has 1 saturated heterocycles. The fourth-order valence-corrected chi connectivity index (χ4v) is 3.59. The van der Waals surface area contributed by atoms with Gasteiger partial charge < -0.3 is 9.47 Å². The van der Waals surface area contributed by atoms with Crippen LogP contribution in [-0.2, 0) is 13.5 Å². The largest absolute Gasteiger partial charge is 0.337 e. The molecular formula is C15H21N5OS. The van der Waals surface area contributed by atoms with Crippen LogP contribution >= 0.6 is 11.3 Å². The molecule has 118 valence electrons. The van der Waals surface area contributed by atoms with Crippen molar-refractivity contribution >= 4 is 17.2 Å². The molecule has 0 unspecified atom stereocenters. The first-order valence-corrected chi connectivity index (χ1v) is 8.33. The maximum Gasteiger partial charge on any atom is 0.265 e. The van der Waals surface area contributed by atoms with Crippen molar-refractivity contribution in [3.63, 3.8) is 0 Å². The van der Waals surface area contributed by atoms with E-state index in [-0.39, 0.29) is 11.9 Å². The number of nitrogens with zero attached hydrogens (tertiary/aromatic N) is 5. The molecule has 2 aromatic heterocycles. The third kappa shape index (κ3) is 2.78. The number of carbonyl (C=O) groups is 1. The molecule has 3 rings (SSSR count). The van der Waals surface area contributed by atoms with Crippen molar-refractivity contribution < 1.29 is 4.79 Å².